The minimum atomic E-state index is 0. The number of hydrogen-bond acceptors (Lipinski definition) is 3. The summed E-state index contributed by atoms with van der Waals surface area (Å²) in [7, 11) is 1.95. The van der Waals surface area contributed by atoms with E-state index in [9.17, 15) is 0 Å². The number of guanidine groups is 1. The molecule has 0 saturated heterocycles. The molecule has 0 radical (unpaired) electrons. The van der Waals surface area contributed by atoms with E-state index in [4.69, 9.17) is 9.73 Å². The van der Waals surface area contributed by atoms with E-state index in [0.717, 1.165) is 31.2 Å². The fraction of sp³-hybridized carbons (Fsp3) is 0.765. The molecule has 1 aromatic rings. The molecule has 0 aromatic carbocycles. The normalized spacial score (nSPS) is 24.7. The first-order valence-electron chi connectivity index (χ1n) is 8.83. The van der Waals surface area contributed by atoms with Gasteiger partial charge in [-0.15, -0.1) is 24.0 Å². The van der Waals surface area contributed by atoms with Crippen molar-refractivity contribution in [2.75, 3.05) is 13.2 Å². The maximum Gasteiger partial charge on any atom is 0.191 e. The van der Waals surface area contributed by atoms with E-state index < -0.39 is 0 Å². The molecule has 1 heterocycles. The van der Waals surface area contributed by atoms with Gasteiger partial charge in [-0.05, 0) is 39.2 Å². The molecule has 2 atom stereocenters. The summed E-state index contributed by atoms with van der Waals surface area (Å²) in [5, 5.41) is 11.2. The summed E-state index contributed by atoms with van der Waals surface area (Å²) in [4.78, 5) is 4.73. The Kier molecular flexibility index (Phi) is 6.91. The van der Waals surface area contributed by atoms with Crippen molar-refractivity contribution in [3.05, 3.63) is 18.0 Å². The molecule has 1 spiro atoms. The van der Waals surface area contributed by atoms with Crippen LogP contribution in [0.5, 0.6) is 0 Å². The van der Waals surface area contributed by atoms with E-state index in [1.54, 1.807) is 0 Å². The fourth-order valence-corrected chi connectivity index (χ4v) is 3.84. The molecule has 0 bridgehead atoms. The van der Waals surface area contributed by atoms with Gasteiger partial charge in [0.2, 0.25) is 0 Å². The van der Waals surface area contributed by atoms with Gasteiger partial charge in [0, 0.05) is 37.9 Å². The fourth-order valence-electron chi connectivity index (χ4n) is 3.84. The monoisotopic (exact) mass is 447 g/mol. The molecular weight excluding hydrogens is 417 g/mol. The third-order valence-corrected chi connectivity index (χ3v) is 5.41. The molecular formula is C17H30IN5O. The van der Waals surface area contributed by atoms with E-state index in [-0.39, 0.29) is 24.0 Å². The minimum absolute atomic E-state index is 0. The van der Waals surface area contributed by atoms with Crippen molar-refractivity contribution in [2.45, 2.75) is 58.2 Å². The van der Waals surface area contributed by atoms with Gasteiger partial charge in [-0.1, -0.05) is 6.42 Å². The van der Waals surface area contributed by atoms with Gasteiger partial charge < -0.3 is 15.4 Å². The topological polar surface area (TPSA) is 63.5 Å². The quantitative estimate of drug-likeness (QED) is 0.400. The molecule has 2 saturated carbocycles. The molecule has 1 aromatic heterocycles. The van der Waals surface area contributed by atoms with Crippen molar-refractivity contribution in [2.24, 2.45) is 17.5 Å². The van der Waals surface area contributed by atoms with Crippen molar-refractivity contribution in [3.8, 4) is 0 Å². The van der Waals surface area contributed by atoms with Crippen molar-refractivity contribution in [1.29, 1.82) is 0 Å². The van der Waals surface area contributed by atoms with Gasteiger partial charge in [0.15, 0.2) is 5.96 Å². The van der Waals surface area contributed by atoms with Crippen LogP contribution in [0.25, 0.3) is 0 Å². The summed E-state index contributed by atoms with van der Waals surface area (Å²) >= 11 is 0. The van der Waals surface area contributed by atoms with Crippen LogP contribution in [0.2, 0.25) is 0 Å². The minimum Gasteiger partial charge on any atom is -0.378 e. The molecule has 0 amide bonds. The highest BCUT2D eigenvalue weighted by Gasteiger charge is 2.59. The summed E-state index contributed by atoms with van der Waals surface area (Å²) in [6.07, 6.45) is 7.20. The lowest BCUT2D eigenvalue weighted by molar-refractivity contribution is -0.168. The van der Waals surface area contributed by atoms with Gasteiger partial charge in [-0.2, -0.15) is 5.10 Å². The van der Waals surface area contributed by atoms with Gasteiger partial charge >= 0.3 is 0 Å². The van der Waals surface area contributed by atoms with E-state index in [2.05, 4.69) is 29.6 Å². The van der Waals surface area contributed by atoms with Crippen LogP contribution in [-0.2, 0) is 18.3 Å². The first-order valence-corrected chi connectivity index (χ1v) is 8.83. The van der Waals surface area contributed by atoms with Gasteiger partial charge in [-0.25, -0.2) is 4.99 Å². The third-order valence-electron chi connectivity index (χ3n) is 5.41. The maximum atomic E-state index is 5.93. The Morgan fingerprint density at radius 2 is 2.25 bits per heavy atom. The number of aliphatic imine (C=N–C) groups is 1. The second kappa shape index (κ2) is 8.51. The average molecular weight is 447 g/mol. The molecule has 2 unspecified atom stereocenters. The molecule has 24 heavy (non-hydrogen) atoms. The molecule has 3 rings (SSSR count). The molecule has 2 aliphatic carbocycles. The Morgan fingerprint density at radius 1 is 1.46 bits per heavy atom. The molecule has 6 nitrogen and oxygen atoms in total. The predicted molar refractivity (Wildman–Crippen MR) is 107 cm³/mol. The Labute approximate surface area is 161 Å². The highest BCUT2D eigenvalue weighted by molar-refractivity contribution is 14.0. The predicted octanol–water partition coefficient (Wildman–Crippen LogP) is 2.44. The Morgan fingerprint density at radius 3 is 2.79 bits per heavy atom. The number of hydrogen-bond donors (Lipinski definition) is 2. The smallest absolute Gasteiger partial charge is 0.191 e. The van der Waals surface area contributed by atoms with Crippen LogP contribution in [0.1, 0.15) is 45.2 Å². The number of nitrogens with zero attached hydrogens (tertiary/aromatic N) is 3. The molecule has 2 fully saturated rings. The van der Waals surface area contributed by atoms with Crippen LogP contribution < -0.4 is 10.6 Å². The number of nitrogens with one attached hydrogen (secondary N) is 2. The number of rotatable bonds is 6. The lowest BCUT2D eigenvalue weighted by Gasteiger charge is -2.61. The lowest BCUT2D eigenvalue weighted by Crippen LogP contribution is -2.68. The standard InChI is InChI=1S/C17H29N5O.HI/c1-4-18-16(19-12-13-7-10-20-22(13)3)21-14-11-15(23-5-2)17(14)8-6-9-17;/h7,10,14-15H,4-6,8-9,11-12H2,1-3H3,(H2,18,19,21);1H. The van der Waals surface area contributed by atoms with Gasteiger partial charge in [-0.3, -0.25) is 4.68 Å². The van der Waals surface area contributed by atoms with Crippen molar-refractivity contribution in [3.63, 3.8) is 0 Å². The molecule has 0 aliphatic heterocycles. The van der Waals surface area contributed by atoms with Crippen LogP contribution in [0.3, 0.4) is 0 Å². The molecule has 136 valence electrons. The first-order chi connectivity index (χ1) is 11.2. The van der Waals surface area contributed by atoms with Crippen LogP contribution in [0.15, 0.2) is 17.3 Å². The van der Waals surface area contributed by atoms with Crippen molar-refractivity contribution < 1.29 is 4.74 Å². The highest BCUT2D eigenvalue weighted by Crippen LogP contribution is 2.57. The SMILES string of the molecule is CCNC(=NCc1ccnn1C)NC1CC(OCC)C12CCC2.I. The lowest BCUT2D eigenvalue weighted by atomic mass is 9.51. The zero-order valence-electron chi connectivity index (χ0n) is 14.9. The second-order valence-electron chi connectivity index (χ2n) is 6.60. The largest absolute Gasteiger partial charge is 0.378 e. The second-order valence-corrected chi connectivity index (χ2v) is 6.60. The number of aryl methyl sites for hydroxylation is 1. The Bertz CT molecular complexity index is 555. The Balaban J connectivity index is 0.00000208. The van der Waals surface area contributed by atoms with Crippen LogP contribution in [0, 0.1) is 5.41 Å². The molecule has 2 N–H and O–H groups in total. The number of aromatic nitrogens is 2. The van der Waals surface area contributed by atoms with Crippen molar-refractivity contribution >= 4 is 29.9 Å². The summed E-state index contributed by atoms with van der Waals surface area (Å²) in [6, 6.07) is 2.49. The summed E-state index contributed by atoms with van der Waals surface area (Å²) < 4.78 is 7.80. The third kappa shape index (κ3) is 3.71. The Hall–Kier alpha value is -0.830. The summed E-state index contributed by atoms with van der Waals surface area (Å²) in [5.41, 5.74) is 1.46. The summed E-state index contributed by atoms with van der Waals surface area (Å²) in [5.74, 6) is 0.903. The maximum absolute atomic E-state index is 5.93. The number of ether oxygens (including phenoxy) is 1. The van der Waals surface area contributed by atoms with E-state index in [0.29, 0.717) is 24.1 Å². The number of halogens is 1. The van der Waals surface area contributed by atoms with E-state index >= 15 is 0 Å². The molecule has 7 heteroatoms. The van der Waals surface area contributed by atoms with Crippen LogP contribution in [0.4, 0.5) is 0 Å². The summed E-state index contributed by atoms with van der Waals surface area (Å²) in [6.45, 7) is 6.51. The highest BCUT2D eigenvalue weighted by atomic mass is 127. The van der Waals surface area contributed by atoms with E-state index in [1.165, 1.54) is 19.3 Å². The van der Waals surface area contributed by atoms with Crippen LogP contribution in [-0.4, -0.2) is 41.0 Å². The van der Waals surface area contributed by atoms with Gasteiger partial charge in [0.05, 0.1) is 18.3 Å². The zero-order valence-corrected chi connectivity index (χ0v) is 17.2. The van der Waals surface area contributed by atoms with Gasteiger partial charge in [0.1, 0.15) is 0 Å². The molecule has 2 aliphatic rings. The first kappa shape index (κ1) is 19.5. The van der Waals surface area contributed by atoms with Gasteiger partial charge in [0.25, 0.3) is 0 Å². The van der Waals surface area contributed by atoms with Crippen molar-refractivity contribution in [1.82, 2.24) is 20.4 Å². The zero-order chi connectivity index (χ0) is 16.3. The van der Waals surface area contributed by atoms with E-state index in [1.807, 2.05) is 24.0 Å². The average Bonchev–Trinajstić information content (AvgIpc) is 2.87. The van der Waals surface area contributed by atoms with Crippen LogP contribution >= 0.6 is 24.0 Å².